The molecule has 2 aromatic carbocycles. The Balaban J connectivity index is 1.57. The Morgan fingerprint density at radius 2 is 1.69 bits per heavy atom. The summed E-state index contributed by atoms with van der Waals surface area (Å²) < 4.78 is 62.3. The Bertz CT molecular complexity index is 1310. The molecule has 1 saturated heterocycles. The molecule has 1 atom stereocenters. The van der Waals surface area contributed by atoms with Gasteiger partial charge in [0.2, 0.25) is 0 Å². The van der Waals surface area contributed by atoms with Gasteiger partial charge in [-0.1, -0.05) is 23.7 Å². The largest absolute Gasteiger partial charge is 0.586 e. The molecule has 3 heterocycles. The Morgan fingerprint density at radius 1 is 1.03 bits per heavy atom. The molecule has 0 spiro atoms. The SMILES string of the molecule is CC(C)(C)OC(=O)NCC1(c2cccc3c2OC(F)(F)O3)Cc2c(ccc(Cl)c2B2OC(C)(C)C(C)(C)O2)O1. The normalized spacial score (nSPS) is 23.8. The van der Waals surface area contributed by atoms with Gasteiger partial charge in [0.1, 0.15) is 11.4 Å². The minimum atomic E-state index is -3.85. The lowest BCUT2D eigenvalue weighted by molar-refractivity contribution is -0.287. The molecule has 8 nitrogen and oxygen atoms in total. The van der Waals surface area contributed by atoms with E-state index in [9.17, 15) is 13.6 Å². The number of nitrogens with one attached hydrogen (secondary N) is 1. The van der Waals surface area contributed by atoms with E-state index in [0.717, 1.165) is 0 Å². The number of para-hydroxylation sites is 1. The Labute approximate surface area is 231 Å². The molecule has 2 aromatic rings. The van der Waals surface area contributed by atoms with Crippen molar-refractivity contribution in [3.05, 3.63) is 46.5 Å². The molecule has 1 unspecified atom stereocenters. The van der Waals surface area contributed by atoms with Crippen molar-refractivity contribution in [2.75, 3.05) is 6.54 Å². The number of alkyl halides is 2. The molecule has 12 heteroatoms. The zero-order valence-corrected chi connectivity index (χ0v) is 23.6. The summed E-state index contributed by atoms with van der Waals surface area (Å²) in [5.41, 5.74) is -1.89. The second-order valence-electron chi connectivity index (χ2n) is 12.0. The van der Waals surface area contributed by atoms with Crippen LogP contribution in [-0.4, -0.2) is 42.9 Å². The van der Waals surface area contributed by atoms with Crippen molar-refractivity contribution < 1.29 is 41.8 Å². The minimum absolute atomic E-state index is 0.128. The monoisotopic (exact) mass is 565 g/mol. The fourth-order valence-electron chi connectivity index (χ4n) is 4.84. The molecule has 0 saturated carbocycles. The summed E-state index contributed by atoms with van der Waals surface area (Å²) >= 11 is 6.70. The second kappa shape index (κ2) is 8.87. The van der Waals surface area contributed by atoms with Gasteiger partial charge in [-0.05, 0) is 72.2 Å². The van der Waals surface area contributed by atoms with E-state index in [1.54, 1.807) is 45.0 Å². The number of halogens is 3. The summed E-state index contributed by atoms with van der Waals surface area (Å²) in [6, 6.07) is 7.90. The molecule has 5 rings (SSSR count). The smallest absolute Gasteiger partial charge is 0.480 e. The molecular weight excluding hydrogens is 535 g/mol. The van der Waals surface area contributed by atoms with E-state index < -0.39 is 41.9 Å². The van der Waals surface area contributed by atoms with Gasteiger partial charge in [0.25, 0.3) is 0 Å². The summed E-state index contributed by atoms with van der Waals surface area (Å²) in [5, 5.41) is 3.13. The maximum absolute atomic E-state index is 14.1. The van der Waals surface area contributed by atoms with Crippen LogP contribution in [0.2, 0.25) is 5.02 Å². The average molecular weight is 566 g/mol. The number of carbonyl (C=O) groups excluding carboxylic acids is 1. The van der Waals surface area contributed by atoms with Crippen LogP contribution in [-0.2, 0) is 26.1 Å². The van der Waals surface area contributed by atoms with Gasteiger partial charge in [0.15, 0.2) is 17.1 Å². The summed E-state index contributed by atoms with van der Waals surface area (Å²) in [6.07, 6.45) is -4.41. The van der Waals surface area contributed by atoms with E-state index in [2.05, 4.69) is 5.32 Å². The number of alkyl carbamates (subject to hydrolysis) is 1. The number of ether oxygens (including phenoxy) is 4. The molecular formula is C27H31BClF2NO7. The van der Waals surface area contributed by atoms with Crippen LogP contribution in [0.5, 0.6) is 17.2 Å². The summed E-state index contributed by atoms with van der Waals surface area (Å²) in [4.78, 5) is 12.6. The predicted octanol–water partition coefficient (Wildman–Crippen LogP) is 5.32. The van der Waals surface area contributed by atoms with Gasteiger partial charge in [0, 0.05) is 22.5 Å². The molecule has 1 amide bonds. The first-order valence-corrected chi connectivity index (χ1v) is 13.0. The van der Waals surface area contributed by atoms with Crippen molar-refractivity contribution in [3.8, 4) is 17.2 Å². The highest BCUT2D eigenvalue weighted by Crippen LogP contribution is 2.51. The second-order valence-corrected chi connectivity index (χ2v) is 12.4. The fraction of sp³-hybridized carbons (Fsp3) is 0.519. The molecule has 210 valence electrons. The number of rotatable bonds is 4. The molecule has 3 aliphatic rings. The summed E-state index contributed by atoms with van der Waals surface area (Å²) in [6.45, 7) is 12.8. The topological polar surface area (TPSA) is 84.5 Å². The molecule has 39 heavy (non-hydrogen) atoms. The third-order valence-electron chi connectivity index (χ3n) is 7.35. The first-order valence-electron chi connectivity index (χ1n) is 12.6. The van der Waals surface area contributed by atoms with Gasteiger partial charge in [-0.2, -0.15) is 0 Å². The third kappa shape index (κ3) is 5.00. The van der Waals surface area contributed by atoms with Gasteiger partial charge >= 0.3 is 19.5 Å². The van der Waals surface area contributed by atoms with Crippen molar-refractivity contribution in [1.29, 1.82) is 0 Å². The Hall–Kier alpha value is -2.76. The van der Waals surface area contributed by atoms with Crippen LogP contribution in [0.25, 0.3) is 0 Å². The van der Waals surface area contributed by atoms with Crippen LogP contribution in [0.4, 0.5) is 13.6 Å². The minimum Gasteiger partial charge on any atom is -0.480 e. The predicted molar refractivity (Wildman–Crippen MR) is 140 cm³/mol. The zero-order valence-electron chi connectivity index (χ0n) is 22.9. The zero-order chi connectivity index (χ0) is 28.6. The van der Waals surface area contributed by atoms with Crippen molar-refractivity contribution in [2.24, 2.45) is 0 Å². The standard InChI is InChI=1S/C27H31BClF2NO7/c1-23(2,3)37-22(33)32-14-26(16-9-8-10-19-21(16)36-27(30,31)35-19)13-15-18(34-26)12-11-17(29)20(15)28-38-24(4,5)25(6,7)39-28/h8-12H,13-14H2,1-7H3,(H,32,33). The number of hydrogen-bond donors (Lipinski definition) is 1. The number of hydrogen-bond acceptors (Lipinski definition) is 7. The van der Waals surface area contributed by atoms with Crippen LogP contribution in [0.15, 0.2) is 30.3 Å². The molecule has 0 bridgehead atoms. The number of amides is 1. The van der Waals surface area contributed by atoms with Gasteiger partial charge < -0.3 is 33.6 Å². The maximum atomic E-state index is 14.1. The van der Waals surface area contributed by atoms with Gasteiger partial charge in [-0.15, -0.1) is 8.78 Å². The van der Waals surface area contributed by atoms with Crippen LogP contribution < -0.4 is 25.0 Å². The van der Waals surface area contributed by atoms with E-state index >= 15 is 0 Å². The first kappa shape index (κ1) is 27.8. The van der Waals surface area contributed by atoms with Gasteiger partial charge in [-0.25, -0.2) is 4.79 Å². The van der Waals surface area contributed by atoms with Gasteiger partial charge in [-0.3, -0.25) is 0 Å². The number of benzene rings is 2. The highest BCUT2D eigenvalue weighted by molar-refractivity contribution is 6.66. The Kier molecular flexibility index (Phi) is 6.33. The highest BCUT2D eigenvalue weighted by Gasteiger charge is 2.56. The van der Waals surface area contributed by atoms with Crippen LogP contribution in [0.3, 0.4) is 0 Å². The summed E-state index contributed by atoms with van der Waals surface area (Å²) in [5.74, 6) is 0.126. The molecule has 1 N–H and O–H groups in total. The van der Waals surface area contributed by atoms with Crippen LogP contribution in [0.1, 0.15) is 59.6 Å². The molecule has 0 aromatic heterocycles. The van der Waals surface area contributed by atoms with E-state index in [0.29, 0.717) is 21.8 Å². The maximum Gasteiger partial charge on any atom is 0.586 e. The van der Waals surface area contributed by atoms with Crippen molar-refractivity contribution in [3.63, 3.8) is 0 Å². The number of carbonyl (C=O) groups is 1. The van der Waals surface area contributed by atoms with Crippen molar-refractivity contribution >= 4 is 30.3 Å². The third-order valence-corrected chi connectivity index (χ3v) is 7.68. The van der Waals surface area contributed by atoms with Crippen LogP contribution >= 0.6 is 11.6 Å². The van der Waals surface area contributed by atoms with E-state index in [1.165, 1.54) is 6.07 Å². The van der Waals surface area contributed by atoms with Crippen molar-refractivity contribution in [2.45, 2.75) is 83.6 Å². The molecule has 0 radical (unpaired) electrons. The van der Waals surface area contributed by atoms with E-state index in [-0.39, 0.29) is 30.0 Å². The molecule has 0 aliphatic carbocycles. The lowest BCUT2D eigenvalue weighted by Crippen LogP contribution is -2.46. The quantitative estimate of drug-likeness (QED) is 0.503. The van der Waals surface area contributed by atoms with Crippen molar-refractivity contribution in [1.82, 2.24) is 5.32 Å². The molecule has 3 aliphatic heterocycles. The molecule has 1 fully saturated rings. The highest BCUT2D eigenvalue weighted by atomic mass is 35.5. The lowest BCUT2D eigenvalue weighted by atomic mass is 9.73. The average Bonchev–Trinajstić information content (AvgIpc) is 3.38. The lowest BCUT2D eigenvalue weighted by Gasteiger charge is -2.32. The summed E-state index contributed by atoms with van der Waals surface area (Å²) in [7, 11) is -0.805. The Morgan fingerprint density at radius 3 is 2.33 bits per heavy atom. The van der Waals surface area contributed by atoms with Gasteiger partial charge in [0.05, 0.1) is 17.7 Å². The number of fused-ring (bicyclic) bond motifs is 2. The van der Waals surface area contributed by atoms with E-state index in [4.69, 9.17) is 39.9 Å². The van der Waals surface area contributed by atoms with Crippen LogP contribution in [0, 0.1) is 0 Å². The fourth-order valence-corrected chi connectivity index (χ4v) is 5.11. The van der Waals surface area contributed by atoms with E-state index in [1.807, 2.05) is 27.7 Å². The first-order chi connectivity index (χ1) is 17.9.